The molecule has 0 bridgehead atoms. The third kappa shape index (κ3) is 4.44. The van der Waals surface area contributed by atoms with Crippen LogP contribution in [0.2, 0.25) is 0 Å². The number of carbonyl (C=O) groups is 1. The topological polar surface area (TPSA) is 86.5 Å². The number of anilines is 1. The predicted octanol–water partition coefficient (Wildman–Crippen LogP) is 1.63. The monoisotopic (exact) mass is 337 g/mol. The van der Waals surface area contributed by atoms with Gasteiger partial charge in [-0.25, -0.2) is 0 Å². The van der Waals surface area contributed by atoms with Gasteiger partial charge in [-0.2, -0.15) is 0 Å². The Kier molecular flexibility index (Phi) is 8.58. The van der Waals surface area contributed by atoms with Crippen LogP contribution in [-0.4, -0.2) is 37.8 Å². The van der Waals surface area contributed by atoms with E-state index in [0.29, 0.717) is 44.0 Å². The first-order chi connectivity index (χ1) is 9.22. The number of rotatable bonds is 4. The minimum atomic E-state index is -0.556. The summed E-state index contributed by atoms with van der Waals surface area (Å²) in [7, 11) is 1.55. The molecular weight excluding hydrogens is 317 g/mol. The van der Waals surface area contributed by atoms with E-state index in [-0.39, 0.29) is 30.7 Å². The molecule has 1 aromatic rings. The highest BCUT2D eigenvalue weighted by molar-refractivity contribution is 5.96. The van der Waals surface area contributed by atoms with Gasteiger partial charge in [-0.05, 0) is 12.8 Å². The van der Waals surface area contributed by atoms with Gasteiger partial charge >= 0.3 is 0 Å². The van der Waals surface area contributed by atoms with Crippen LogP contribution in [0, 0.1) is 5.41 Å². The molecule has 1 fully saturated rings. The second kappa shape index (κ2) is 9.04. The normalized spacial score (nSPS) is 16.1. The fraction of sp³-hybridized carbons (Fsp3) is 0.538. The second-order valence-corrected chi connectivity index (χ2v) is 4.63. The van der Waals surface area contributed by atoms with Crippen LogP contribution in [0.25, 0.3) is 0 Å². The summed E-state index contributed by atoms with van der Waals surface area (Å²) in [5.74, 6) is 0.493. The summed E-state index contributed by atoms with van der Waals surface area (Å²) in [5.41, 5.74) is 5.81. The van der Waals surface area contributed by atoms with Gasteiger partial charge < -0.3 is 20.5 Å². The summed E-state index contributed by atoms with van der Waals surface area (Å²) < 4.78 is 10.5. The molecule has 120 valence electrons. The number of aromatic nitrogens is 1. The lowest BCUT2D eigenvalue weighted by molar-refractivity contribution is -0.130. The van der Waals surface area contributed by atoms with Crippen LogP contribution in [-0.2, 0) is 9.53 Å². The first kappa shape index (κ1) is 19.9. The van der Waals surface area contributed by atoms with Gasteiger partial charge in [-0.1, -0.05) is 0 Å². The summed E-state index contributed by atoms with van der Waals surface area (Å²) in [6.45, 7) is 1.44. The van der Waals surface area contributed by atoms with Gasteiger partial charge in [-0.3, -0.25) is 9.78 Å². The van der Waals surface area contributed by atoms with E-state index >= 15 is 0 Å². The zero-order valence-corrected chi connectivity index (χ0v) is 13.5. The number of ether oxygens (including phenoxy) is 2. The molecule has 0 radical (unpaired) electrons. The molecule has 2 rings (SSSR count). The average molecular weight is 338 g/mol. The van der Waals surface area contributed by atoms with Gasteiger partial charge in [0.1, 0.15) is 11.4 Å². The van der Waals surface area contributed by atoms with Crippen LogP contribution in [0.5, 0.6) is 5.75 Å². The molecule has 0 saturated carbocycles. The lowest BCUT2D eigenvalue weighted by atomic mass is 9.79. The Balaban J connectivity index is 0.00000200. The Morgan fingerprint density at radius 1 is 1.48 bits per heavy atom. The molecule has 8 heteroatoms. The number of nitrogens with zero attached hydrogens (tertiary/aromatic N) is 1. The van der Waals surface area contributed by atoms with Crippen molar-refractivity contribution in [2.24, 2.45) is 11.1 Å². The van der Waals surface area contributed by atoms with Crippen molar-refractivity contribution in [3.05, 3.63) is 18.5 Å². The third-order valence-corrected chi connectivity index (χ3v) is 3.57. The maximum atomic E-state index is 12.5. The van der Waals surface area contributed by atoms with Crippen molar-refractivity contribution >= 4 is 36.4 Å². The van der Waals surface area contributed by atoms with Crippen LogP contribution in [0.3, 0.4) is 0 Å². The molecule has 3 N–H and O–H groups in total. The second-order valence-electron chi connectivity index (χ2n) is 4.63. The van der Waals surface area contributed by atoms with Crippen LogP contribution in [0.15, 0.2) is 18.5 Å². The number of carbonyl (C=O) groups excluding carboxylic acids is 1. The van der Waals surface area contributed by atoms with Crippen molar-refractivity contribution in [1.29, 1.82) is 0 Å². The summed E-state index contributed by atoms with van der Waals surface area (Å²) in [4.78, 5) is 16.4. The van der Waals surface area contributed by atoms with Gasteiger partial charge in [0.2, 0.25) is 5.91 Å². The molecule has 1 amide bonds. The molecule has 0 spiro atoms. The summed E-state index contributed by atoms with van der Waals surface area (Å²) in [5, 5.41) is 2.86. The Morgan fingerprint density at radius 2 is 2.14 bits per heavy atom. The highest BCUT2D eigenvalue weighted by atomic mass is 35.5. The Bertz CT molecular complexity index is 454. The van der Waals surface area contributed by atoms with Crippen molar-refractivity contribution in [1.82, 2.24) is 4.98 Å². The van der Waals surface area contributed by atoms with E-state index in [9.17, 15) is 4.79 Å². The van der Waals surface area contributed by atoms with Crippen molar-refractivity contribution < 1.29 is 14.3 Å². The molecule has 0 unspecified atom stereocenters. The molecular formula is C13H21Cl2N3O3. The number of nitrogens with two attached hydrogens (primary N) is 1. The smallest absolute Gasteiger partial charge is 0.232 e. The van der Waals surface area contributed by atoms with Gasteiger partial charge in [0.25, 0.3) is 0 Å². The summed E-state index contributed by atoms with van der Waals surface area (Å²) in [6, 6.07) is 1.70. The SMILES string of the molecule is COc1ccncc1NC(=O)C1(CN)CCOCC1.Cl.Cl. The van der Waals surface area contributed by atoms with E-state index in [0.717, 1.165) is 0 Å². The standard InChI is InChI=1S/C13H19N3O3.2ClH/c1-18-11-2-5-15-8-10(11)16-12(17)13(9-14)3-6-19-7-4-13;;/h2,5,8H,3-4,6-7,9,14H2,1H3,(H,16,17);2*1H. The lowest BCUT2D eigenvalue weighted by Crippen LogP contribution is -2.46. The van der Waals surface area contributed by atoms with Crippen LogP contribution in [0.1, 0.15) is 12.8 Å². The van der Waals surface area contributed by atoms with Crippen molar-refractivity contribution in [3.63, 3.8) is 0 Å². The number of amides is 1. The number of nitrogens with one attached hydrogen (secondary N) is 1. The molecule has 0 aromatic carbocycles. The maximum Gasteiger partial charge on any atom is 0.232 e. The first-order valence-electron chi connectivity index (χ1n) is 6.29. The van der Waals surface area contributed by atoms with E-state index < -0.39 is 5.41 Å². The van der Waals surface area contributed by atoms with E-state index in [1.807, 2.05) is 0 Å². The van der Waals surface area contributed by atoms with E-state index in [1.165, 1.54) is 0 Å². The number of halogens is 2. The highest BCUT2D eigenvalue weighted by Gasteiger charge is 2.39. The summed E-state index contributed by atoms with van der Waals surface area (Å²) in [6.07, 6.45) is 4.46. The van der Waals surface area contributed by atoms with Crippen molar-refractivity contribution in [2.45, 2.75) is 12.8 Å². The van der Waals surface area contributed by atoms with Crippen LogP contribution < -0.4 is 15.8 Å². The van der Waals surface area contributed by atoms with E-state index in [1.54, 1.807) is 25.6 Å². The molecule has 21 heavy (non-hydrogen) atoms. The Morgan fingerprint density at radius 3 is 2.71 bits per heavy atom. The number of methoxy groups -OCH3 is 1. The molecule has 1 aliphatic heterocycles. The highest BCUT2D eigenvalue weighted by Crippen LogP contribution is 2.32. The zero-order valence-electron chi connectivity index (χ0n) is 11.8. The molecule has 6 nitrogen and oxygen atoms in total. The molecule has 2 heterocycles. The quantitative estimate of drug-likeness (QED) is 0.871. The maximum absolute atomic E-state index is 12.5. The predicted molar refractivity (Wildman–Crippen MR) is 85.5 cm³/mol. The number of pyridine rings is 1. The molecule has 0 aliphatic carbocycles. The van der Waals surface area contributed by atoms with Gasteiger partial charge in [0, 0.05) is 32.0 Å². The number of hydrogen-bond donors (Lipinski definition) is 2. The van der Waals surface area contributed by atoms with E-state index in [4.69, 9.17) is 15.2 Å². The summed E-state index contributed by atoms with van der Waals surface area (Å²) >= 11 is 0. The zero-order chi connectivity index (χ0) is 13.7. The minimum absolute atomic E-state index is 0. The fourth-order valence-corrected chi connectivity index (χ4v) is 2.19. The van der Waals surface area contributed by atoms with E-state index in [2.05, 4.69) is 10.3 Å². The van der Waals surface area contributed by atoms with Crippen LogP contribution in [0.4, 0.5) is 5.69 Å². The van der Waals surface area contributed by atoms with Crippen molar-refractivity contribution in [2.75, 3.05) is 32.2 Å². The minimum Gasteiger partial charge on any atom is -0.494 e. The number of hydrogen-bond acceptors (Lipinski definition) is 5. The average Bonchev–Trinajstić information content (AvgIpc) is 2.48. The molecule has 0 atom stereocenters. The Hall–Kier alpha value is -1.08. The van der Waals surface area contributed by atoms with Gasteiger partial charge in [0.05, 0.1) is 18.7 Å². The first-order valence-corrected chi connectivity index (χ1v) is 6.29. The lowest BCUT2D eigenvalue weighted by Gasteiger charge is -2.34. The fourth-order valence-electron chi connectivity index (χ4n) is 2.19. The molecule has 1 aliphatic rings. The van der Waals surface area contributed by atoms with Crippen molar-refractivity contribution in [3.8, 4) is 5.75 Å². The van der Waals surface area contributed by atoms with Gasteiger partial charge in [-0.15, -0.1) is 24.8 Å². The van der Waals surface area contributed by atoms with Crippen LogP contribution >= 0.6 is 24.8 Å². The van der Waals surface area contributed by atoms with Gasteiger partial charge in [0.15, 0.2) is 0 Å². The molecule has 1 aromatic heterocycles. The third-order valence-electron chi connectivity index (χ3n) is 3.57. The molecule has 1 saturated heterocycles. The Labute approximate surface area is 136 Å². The largest absolute Gasteiger partial charge is 0.494 e.